The van der Waals surface area contributed by atoms with Crippen LogP contribution in [0.3, 0.4) is 0 Å². The number of hydrogen-bond acceptors (Lipinski definition) is 5. The van der Waals surface area contributed by atoms with Crippen molar-refractivity contribution in [2.75, 3.05) is 13.2 Å². The lowest BCUT2D eigenvalue weighted by molar-refractivity contribution is -0.138. The molecule has 0 saturated heterocycles. The van der Waals surface area contributed by atoms with Gasteiger partial charge in [0, 0.05) is 12.1 Å². The van der Waals surface area contributed by atoms with Crippen molar-refractivity contribution in [1.29, 1.82) is 5.26 Å². The summed E-state index contributed by atoms with van der Waals surface area (Å²) < 4.78 is 45.4. The fourth-order valence-electron chi connectivity index (χ4n) is 4.18. The number of aryl methyl sites for hydroxylation is 1. The number of nitrogens with zero attached hydrogens (tertiary/aromatic N) is 1. The average molecular weight is 541 g/mol. The van der Waals surface area contributed by atoms with Crippen LogP contribution in [0.15, 0.2) is 66.7 Å². The zero-order chi connectivity index (χ0) is 28.6. The Morgan fingerprint density at radius 2 is 1.72 bits per heavy atom. The van der Waals surface area contributed by atoms with Gasteiger partial charge in [-0.25, -0.2) is 4.79 Å². The third-order valence-corrected chi connectivity index (χ3v) is 6.39. The second-order valence-corrected chi connectivity index (χ2v) is 9.94. The molecule has 39 heavy (non-hydrogen) atoms. The van der Waals surface area contributed by atoms with Gasteiger partial charge in [-0.1, -0.05) is 36.4 Å². The van der Waals surface area contributed by atoms with Gasteiger partial charge in [-0.05, 0) is 80.1 Å². The molecule has 0 amide bonds. The van der Waals surface area contributed by atoms with E-state index in [-0.39, 0.29) is 24.3 Å². The number of ether oxygens (including phenoxy) is 1. The van der Waals surface area contributed by atoms with Crippen LogP contribution in [-0.4, -0.2) is 41.0 Å². The molecule has 3 rings (SSSR count). The van der Waals surface area contributed by atoms with Gasteiger partial charge in [-0.2, -0.15) is 18.4 Å². The molecule has 3 aromatic rings. The smallest absolute Gasteiger partial charge is 0.416 e. The van der Waals surface area contributed by atoms with Gasteiger partial charge >= 0.3 is 12.1 Å². The van der Waals surface area contributed by atoms with E-state index < -0.39 is 29.4 Å². The van der Waals surface area contributed by atoms with Crippen LogP contribution < -0.4 is 10.1 Å². The maximum Gasteiger partial charge on any atom is 0.416 e. The summed E-state index contributed by atoms with van der Waals surface area (Å²) in [6.07, 6.45) is -3.87. The molecule has 0 heterocycles. The summed E-state index contributed by atoms with van der Waals surface area (Å²) in [5.74, 6) is -0.734. The summed E-state index contributed by atoms with van der Waals surface area (Å²) in [5.41, 5.74) is 1.14. The summed E-state index contributed by atoms with van der Waals surface area (Å²) in [5, 5.41) is 32.3. The topological polar surface area (TPSA) is 103 Å². The maximum atomic E-state index is 13.2. The van der Waals surface area contributed by atoms with E-state index in [1.54, 1.807) is 36.4 Å². The minimum absolute atomic E-state index is 0.0852. The largest absolute Gasteiger partial charge is 0.489 e. The van der Waals surface area contributed by atoms with Gasteiger partial charge in [0.1, 0.15) is 24.5 Å². The Bertz CT molecular complexity index is 1320. The lowest BCUT2D eigenvalue weighted by Crippen LogP contribution is -2.44. The summed E-state index contributed by atoms with van der Waals surface area (Å²) in [6, 6.07) is 18.9. The number of β-amino-alcohol motifs (C(OH)–C–C–N with tert-alkyl or cyclic N) is 1. The third-order valence-electron chi connectivity index (χ3n) is 6.39. The number of carbonyl (C=O) groups is 1. The summed E-state index contributed by atoms with van der Waals surface area (Å²) >= 11 is 0. The molecule has 6 nitrogen and oxygen atoms in total. The van der Waals surface area contributed by atoms with Gasteiger partial charge < -0.3 is 20.3 Å². The quantitative estimate of drug-likeness (QED) is 0.258. The van der Waals surface area contributed by atoms with Crippen molar-refractivity contribution in [2.24, 2.45) is 0 Å². The first-order chi connectivity index (χ1) is 18.4. The molecule has 0 aliphatic rings. The Labute approximate surface area is 225 Å². The number of carboxylic acids is 1. The van der Waals surface area contributed by atoms with E-state index in [2.05, 4.69) is 11.4 Å². The number of halogens is 3. The van der Waals surface area contributed by atoms with Gasteiger partial charge in [0.05, 0.1) is 16.7 Å². The number of aromatic carboxylic acids is 1. The molecule has 0 aliphatic heterocycles. The molecule has 0 radical (unpaired) electrons. The van der Waals surface area contributed by atoms with Gasteiger partial charge in [-0.15, -0.1) is 0 Å². The van der Waals surface area contributed by atoms with Crippen LogP contribution in [-0.2, 0) is 12.6 Å². The van der Waals surface area contributed by atoms with E-state index in [1.165, 1.54) is 24.3 Å². The van der Waals surface area contributed by atoms with E-state index in [4.69, 9.17) is 9.84 Å². The fourth-order valence-corrected chi connectivity index (χ4v) is 4.18. The van der Waals surface area contributed by atoms with E-state index in [0.717, 1.165) is 17.2 Å². The van der Waals surface area contributed by atoms with E-state index in [1.807, 2.05) is 13.8 Å². The number of nitrogens with one attached hydrogen (secondary N) is 1. The van der Waals surface area contributed by atoms with E-state index in [9.17, 15) is 28.3 Å². The van der Waals surface area contributed by atoms with Crippen molar-refractivity contribution in [1.82, 2.24) is 5.32 Å². The van der Waals surface area contributed by atoms with Crippen molar-refractivity contribution in [3.05, 3.63) is 89.0 Å². The minimum Gasteiger partial charge on any atom is -0.489 e. The van der Waals surface area contributed by atoms with Crippen molar-refractivity contribution in [2.45, 2.75) is 50.9 Å². The molecule has 0 bridgehead atoms. The average Bonchev–Trinajstić information content (AvgIpc) is 2.90. The van der Waals surface area contributed by atoms with Crippen molar-refractivity contribution >= 4 is 5.97 Å². The van der Waals surface area contributed by atoms with E-state index in [0.29, 0.717) is 30.6 Å². The van der Waals surface area contributed by atoms with Crippen molar-refractivity contribution < 1.29 is 32.9 Å². The number of aliphatic hydroxyl groups is 1. The summed E-state index contributed by atoms with van der Waals surface area (Å²) in [6.45, 7) is 3.94. The van der Waals surface area contributed by atoms with Crippen LogP contribution in [0.1, 0.15) is 53.7 Å². The van der Waals surface area contributed by atoms with Crippen molar-refractivity contribution in [3.8, 4) is 22.9 Å². The summed E-state index contributed by atoms with van der Waals surface area (Å²) in [4.78, 5) is 11.1. The highest BCUT2D eigenvalue weighted by molar-refractivity contribution is 5.88. The number of carboxylic acid groups (broad SMARTS) is 1. The molecule has 0 aromatic heterocycles. The second kappa shape index (κ2) is 12.8. The van der Waals surface area contributed by atoms with Crippen LogP contribution in [0.2, 0.25) is 0 Å². The molecular weight excluding hydrogens is 509 g/mol. The molecule has 1 atom stereocenters. The molecule has 0 saturated carbocycles. The standard InChI is InChI=1S/C30H31F3N2O4/c1-29(2,15-5-7-21-6-3-4-8-26(21)30(31,32)33)35-18-25(36)19-39-27-16-23(13-14-24(27)17-34)20-9-11-22(12-10-20)28(37)38/h3-4,6,8-14,16,25,35-36H,5,7,15,18-19H2,1-2H3,(H,37,38). The summed E-state index contributed by atoms with van der Waals surface area (Å²) in [7, 11) is 0. The lowest BCUT2D eigenvalue weighted by Gasteiger charge is -2.28. The molecule has 9 heteroatoms. The number of alkyl halides is 3. The number of aliphatic hydroxyl groups excluding tert-OH is 1. The van der Waals surface area contributed by atoms with Gasteiger partial charge in [0.25, 0.3) is 0 Å². The van der Waals surface area contributed by atoms with Crippen LogP contribution in [0.25, 0.3) is 11.1 Å². The molecule has 3 N–H and O–H groups in total. The predicted octanol–water partition coefficient (Wildman–Crippen LogP) is 6.07. The first-order valence-corrected chi connectivity index (χ1v) is 12.5. The van der Waals surface area contributed by atoms with Gasteiger partial charge in [0.2, 0.25) is 0 Å². The molecule has 3 aromatic carbocycles. The number of benzene rings is 3. The molecule has 0 spiro atoms. The highest BCUT2D eigenvalue weighted by atomic mass is 19.4. The Hall–Kier alpha value is -3.87. The van der Waals surface area contributed by atoms with Crippen LogP contribution in [0.5, 0.6) is 5.75 Å². The van der Waals surface area contributed by atoms with E-state index >= 15 is 0 Å². The monoisotopic (exact) mass is 540 g/mol. The highest BCUT2D eigenvalue weighted by Gasteiger charge is 2.32. The third kappa shape index (κ3) is 8.57. The highest BCUT2D eigenvalue weighted by Crippen LogP contribution is 2.33. The number of nitriles is 1. The zero-order valence-electron chi connectivity index (χ0n) is 21.8. The van der Waals surface area contributed by atoms with Crippen LogP contribution in [0.4, 0.5) is 13.2 Å². The molecular formula is C30H31F3N2O4. The Kier molecular flexibility index (Phi) is 9.73. The molecule has 0 aliphatic carbocycles. The fraction of sp³-hybridized carbons (Fsp3) is 0.333. The lowest BCUT2D eigenvalue weighted by atomic mass is 9.93. The molecule has 1 unspecified atom stereocenters. The normalized spacial score (nSPS) is 12.5. The zero-order valence-corrected chi connectivity index (χ0v) is 21.8. The van der Waals surface area contributed by atoms with Crippen LogP contribution >= 0.6 is 0 Å². The SMILES string of the molecule is CC(C)(CCCc1ccccc1C(F)(F)F)NCC(O)COc1cc(-c2ccc(C(=O)O)cc2)ccc1C#N. The first-order valence-electron chi connectivity index (χ1n) is 12.5. The maximum absolute atomic E-state index is 13.2. The first kappa shape index (κ1) is 29.7. The van der Waals surface area contributed by atoms with Gasteiger partial charge in [-0.3, -0.25) is 0 Å². The van der Waals surface area contributed by atoms with Crippen LogP contribution in [0, 0.1) is 11.3 Å². The Morgan fingerprint density at radius 3 is 2.36 bits per heavy atom. The molecule has 0 fully saturated rings. The minimum atomic E-state index is -4.38. The Balaban J connectivity index is 1.53. The second-order valence-electron chi connectivity index (χ2n) is 9.94. The van der Waals surface area contributed by atoms with Crippen molar-refractivity contribution in [3.63, 3.8) is 0 Å². The van der Waals surface area contributed by atoms with Gasteiger partial charge in [0.15, 0.2) is 0 Å². The Morgan fingerprint density at radius 1 is 1.05 bits per heavy atom. The number of hydrogen-bond donors (Lipinski definition) is 3. The predicted molar refractivity (Wildman–Crippen MR) is 142 cm³/mol. The number of rotatable bonds is 12. The molecule has 206 valence electrons.